The van der Waals surface area contributed by atoms with Gasteiger partial charge in [0.1, 0.15) is 0 Å². The molecule has 7 atom stereocenters. The molecule has 0 aromatic heterocycles. The van der Waals surface area contributed by atoms with Gasteiger partial charge in [-0.15, -0.1) is 0 Å². The second-order valence-electron chi connectivity index (χ2n) is 11.9. The number of hydrogen-bond donors (Lipinski definition) is 1. The van der Waals surface area contributed by atoms with E-state index in [1.165, 1.54) is 18.2 Å². The molecule has 0 heterocycles. The van der Waals surface area contributed by atoms with Crippen LogP contribution in [0.4, 0.5) is 13.2 Å². The number of hydrogen-bond acceptors (Lipinski definition) is 4. The van der Waals surface area contributed by atoms with Crippen molar-refractivity contribution in [1.29, 1.82) is 0 Å². The van der Waals surface area contributed by atoms with Gasteiger partial charge in [0.25, 0.3) is 0 Å². The summed E-state index contributed by atoms with van der Waals surface area (Å²) in [6.07, 6.45) is -0.538. The minimum Gasteiger partial charge on any atom is -0.376 e. The van der Waals surface area contributed by atoms with Crippen molar-refractivity contribution in [2.75, 3.05) is 0 Å². The average molecular weight is 533 g/mol. The molecule has 36 heavy (non-hydrogen) atoms. The maximum atomic E-state index is 14.6. The molecule has 3 rings (SSSR count). The van der Waals surface area contributed by atoms with Crippen molar-refractivity contribution in [3.8, 4) is 0 Å². The minimum absolute atomic E-state index is 0.0920. The van der Waals surface area contributed by atoms with E-state index in [9.17, 15) is 22.8 Å². The van der Waals surface area contributed by atoms with Crippen molar-refractivity contribution in [1.82, 2.24) is 0 Å². The Balaban J connectivity index is 2.04. The van der Waals surface area contributed by atoms with Gasteiger partial charge in [-0.3, -0.25) is 4.57 Å². The van der Waals surface area contributed by atoms with Crippen LogP contribution in [0.1, 0.15) is 97.0 Å². The lowest BCUT2D eigenvalue weighted by atomic mass is 9.75. The molecule has 2 saturated carbocycles. The van der Waals surface area contributed by atoms with Crippen LogP contribution in [0.5, 0.6) is 0 Å². The summed E-state index contributed by atoms with van der Waals surface area (Å²) in [4.78, 5) is 0. The van der Waals surface area contributed by atoms with Gasteiger partial charge in [0, 0.05) is 5.56 Å². The van der Waals surface area contributed by atoms with Crippen LogP contribution in [0.3, 0.4) is 0 Å². The number of benzene rings is 1. The number of alkyl halides is 3. The molecule has 2 aliphatic rings. The van der Waals surface area contributed by atoms with Crippen LogP contribution in [0.2, 0.25) is 0 Å². The van der Waals surface area contributed by atoms with Gasteiger partial charge in [0.2, 0.25) is 0 Å². The molecular weight excluding hydrogens is 488 g/mol. The Morgan fingerprint density at radius 3 is 1.72 bits per heavy atom. The molecular formula is C28H44F3O4P. The quantitative estimate of drug-likeness (QED) is 0.340. The Kier molecular flexibility index (Phi) is 9.80. The van der Waals surface area contributed by atoms with Gasteiger partial charge in [0.15, 0.2) is 5.85 Å². The molecule has 0 saturated heterocycles. The molecule has 1 N–H and O–H groups in total. The maximum Gasteiger partial charge on any atom is 0.416 e. The first-order chi connectivity index (χ1) is 16.7. The smallest absolute Gasteiger partial charge is 0.376 e. The molecule has 0 amide bonds. The third kappa shape index (κ3) is 6.95. The van der Waals surface area contributed by atoms with Crippen molar-refractivity contribution in [3.63, 3.8) is 0 Å². The average Bonchev–Trinajstić information content (AvgIpc) is 2.77. The molecule has 2 fully saturated rings. The fraction of sp³-hybridized carbons (Fsp3) is 0.786. The summed E-state index contributed by atoms with van der Waals surface area (Å²) in [6.45, 7) is 12.5. The zero-order chi connectivity index (χ0) is 26.8. The summed E-state index contributed by atoms with van der Waals surface area (Å²) in [5.41, 5.74) is -1.47. The van der Waals surface area contributed by atoms with Gasteiger partial charge in [-0.2, -0.15) is 13.2 Å². The number of rotatable bonds is 8. The highest BCUT2D eigenvalue weighted by molar-refractivity contribution is 7.54. The van der Waals surface area contributed by atoms with Gasteiger partial charge >= 0.3 is 13.8 Å². The normalized spacial score (nSPS) is 31.1. The third-order valence-electron chi connectivity index (χ3n) is 8.33. The van der Waals surface area contributed by atoms with Crippen LogP contribution in [0.25, 0.3) is 0 Å². The fourth-order valence-corrected chi connectivity index (χ4v) is 8.23. The molecule has 0 aliphatic heterocycles. The zero-order valence-electron chi connectivity index (χ0n) is 22.5. The molecule has 206 valence electrons. The van der Waals surface area contributed by atoms with Crippen LogP contribution in [0.15, 0.2) is 24.3 Å². The summed E-state index contributed by atoms with van der Waals surface area (Å²) in [6, 6.07) is 4.76. The Labute approximate surface area is 214 Å². The topological polar surface area (TPSA) is 55.8 Å². The van der Waals surface area contributed by atoms with E-state index in [4.69, 9.17) is 9.05 Å². The van der Waals surface area contributed by atoms with Crippen molar-refractivity contribution in [2.24, 2.45) is 35.5 Å². The number of aliphatic hydroxyl groups excluding tert-OH is 1. The Hall–Kier alpha value is -0.880. The van der Waals surface area contributed by atoms with Crippen LogP contribution >= 0.6 is 7.60 Å². The second kappa shape index (κ2) is 11.9. The summed E-state index contributed by atoms with van der Waals surface area (Å²) in [5, 5.41) is 11.4. The Bertz CT molecular complexity index is 865. The van der Waals surface area contributed by atoms with Gasteiger partial charge in [-0.25, -0.2) is 0 Å². The second-order valence-corrected chi connectivity index (χ2v) is 13.9. The van der Waals surface area contributed by atoms with Crippen molar-refractivity contribution in [2.45, 2.75) is 104 Å². The van der Waals surface area contributed by atoms with Crippen molar-refractivity contribution in [3.05, 3.63) is 35.4 Å². The predicted molar refractivity (Wildman–Crippen MR) is 136 cm³/mol. The van der Waals surface area contributed by atoms with E-state index in [1.807, 2.05) is 0 Å². The fourth-order valence-electron chi connectivity index (χ4n) is 6.14. The first kappa shape index (κ1) is 29.7. The SMILES string of the molecule is CC(C)[C@H]1CC[C@@H](C)C[C@H]1OP(=O)(O[C@@H]1C[C@H](C)CC[C@@H]1C(C)C)[C@H](O)c1ccccc1C(F)(F)F. The van der Waals surface area contributed by atoms with E-state index in [2.05, 4.69) is 41.5 Å². The zero-order valence-corrected chi connectivity index (χ0v) is 23.4. The van der Waals surface area contributed by atoms with Crippen molar-refractivity contribution >= 4 is 7.60 Å². The molecule has 0 bridgehead atoms. The van der Waals surface area contributed by atoms with E-state index in [-0.39, 0.29) is 23.7 Å². The predicted octanol–water partition coefficient (Wildman–Crippen LogP) is 8.84. The summed E-state index contributed by atoms with van der Waals surface area (Å²) in [5.74, 6) is -0.691. The Morgan fingerprint density at radius 2 is 1.31 bits per heavy atom. The highest BCUT2D eigenvalue weighted by atomic mass is 31.2. The monoisotopic (exact) mass is 532 g/mol. The highest BCUT2D eigenvalue weighted by Gasteiger charge is 2.48. The van der Waals surface area contributed by atoms with E-state index in [1.54, 1.807) is 0 Å². The summed E-state index contributed by atoms with van der Waals surface area (Å²) < 4.78 is 68.8. The molecule has 1 aromatic carbocycles. The summed E-state index contributed by atoms with van der Waals surface area (Å²) in [7, 11) is -4.42. The highest BCUT2D eigenvalue weighted by Crippen LogP contribution is 2.65. The van der Waals surface area contributed by atoms with E-state index >= 15 is 0 Å². The molecule has 0 unspecified atom stereocenters. The lowest BCUT2D eigenvalue weighted by Crippen LogP contribution is -2.37. The van der Waals surface area contributed by atoms with Gasteiger partial charge in [-0.1, -0.05) is 72.6 Å². The Morgan fingerprint density at radius 1 is 0.861 bits per heavy atom. The van der Waals surface area contributed by atoms with E-state index in [0.29, 0.717) is 24.7 Å². The molecule has 0 radical (unpaired) electrons. The van der Waals surface area contributed by atoms with Crippen molar-refractivity contribution < 1.29 is 31.9 Å². The van der Waals surface area contributed by atoms with Gasteiger partial charge in [0.05, 0.1) is 17.8 Å². The van der Waals surface area contributed by atoms with E-state index < -0.39 is 43.0 Å². The van der Waals surface area contributed by atoms with Crippen LogP contribution in [0, 0.1) is 35.5 Å². The lowest BCUT2D eigenvalue weighted by Gasteiger charge is -2.42. The van der Waals surface area contributed by atoms with E-state index in [0.717, 1.165) is 31.7 Å². The first-order valence-corrected chi connectivity index (χ1v) is 15.1. The van der Waals surface area contributed by atoms with Gasteiger partial charge < -0.3 is 14.2 Å². The number of halogens is 3. The molecule has 4 nitrogen and oxygen atoms in total. The lowest BCUT2D eigenvalue weighted by molar-refractivity contribution is -0.138. The minimum atomic E-state index is -4.71. The standard InChI is InChI=1S/C28H44F3O4P/c1-17(2)21-13-11-19(5)15-25(21)34-36(33,35-26-16-20(6)12-14-22(26)18(3)4)27(32)23-9-7-8-10-24(23)28(29,30)31/h7-10,17-22,25-27,32H,11-16H2,1-6H3/t19-,20-,21-,22-,25-,26-,27+/m1/s1. The molecule has 0 spiro atoms. The largest absolute Gasteiger partial charge is 0.416 e. The first-order valence-electron chi connectivity index (χ1n) is 13.5. The van der Waals surface area contributed by atoms with Crippen LogP contribution in [-0.4, -0.2) is 17.3 Å². The molecule has 2 aliphatic carbocycles. The number of aliphatic hydroxyl groups is 1. The maximum absolute atomic E-state index is 14.6. The molecule has 1 aromatic rings. The summed E-state index contributed by atoms with van der Waals surface area (Å²) >= 11 is 0. The van der Waals surface area contributed by atoms with Crippen LogP contribution in [-0.2, 0) is 19.8 Å². The third-order valence-corrected chi connectivity index (χ3v) is 10.3. The molecule has 8 heteroatoms. The van der Waals surface area contributed by atoms with Crippen LogP contribution < -0.4 is 0 Å². The van der Waals surface area contributed by atoms with Gasteiger partial charge in [-0.05, 0) is 67.3 Å².